The predicted molar refractivity (Wildman–Crippen MR) is 66.9 cm³/mol. The number of carboxylic acids is 1. The minimum absolute atomic E-state index is 0.132. The van der Waals surface area contributed by atoms with Crippen LogP contribution in [-0.2, 0) is 16.1 Å². The van der Waals surface area contributed by atoms with Crippen molar-refractivity contribution >= 4 is 12.0 Å². The minimum Gasteiger partial charge on any atom is -0.481 e. The van der Waals surface area contributed by atoms with Crippen LogP contribution in [0.5, 0.6) is 0 Å². The molecule has 110 valence electrons. The first-order valence-corrected chi connectivity index (χ1v) is 6.37. The lowest BCUT2D eigenvalue weighted by Gasteiger charge is -2.29. The Morgan fingerprint density at radius 2 is 2.35 bits per heavy atom. The van der Waals surface area contributed by atoms with Crippen molar-refractivity contribution in [2.45, 2.75) is 19.5 Å². The van der Waals surface area contributed by atoms with E-state index in [0.29, 0.717) is 12.2 Å². The Morgan fingerprint density at radius 3 is 2.95 bits per heavy atom. The van der Waals surface area contributed by atoms with Crippen molar-refractivity contribution < 1.29 is 24.0 Å². The fraction of sp³-hybridized carbons (Fsp3) is 0.583. The summed E-state index contributed by atoms with van der Waals surface area (Å²) in [6, 6.07) is 0.863. The van der Waals surface area contributed by atoms with Crippen LogP contribution in [0.4, 0.5) is 4.79 Å². The smallest absolute Gasteiger partial charge is 0.318 e. The van der Waals surface area contributed by atoms with E-state index in [0.717, 1.165) is 0 Å². The van der Waals surface area contributed by atoms with Gasteiger partial charge in [0.05, 0.1) is 25.8 Å². The Hall–Kier alpha value is -2.09. The van der Waals surface area contributed by atoms with Crippen molar-refractivity contribution in [2.75, 3.05) is 19.8 Å². The van der Waals surface area contributed by atoms with E-state index in [4.69, 9.17) is 9.84 Å². The third kappa shape index (κ3) is 3.08. The van der Waals surface area contributed by atoms with Gasteiger partial charge >= 0.3 is 12.0 Å². The van der Waals surface area contributed by atoms with Crippen LogP contribution in [-0.4, -0.2) is 53.0 Å². The van der Waals surface area contributed by atoms with Crippen molar-refractivity contribution in [1.29, 1.82) is 0 Å². The van der Waals surface area contributed by atoms with Gasteiger partial charge in [0.2, 0.25) is 0 Å². The van der Waals surface area contributed by atoms with Crippen molar-refractivity contribution in [1.82, 2.24) is 15.4 Å². The number of amides is 2. The number of carbonyl (C=O) groups is 2. The molecule has 2 unspecified atom stereocenters. The van der Waals surface area contributed by atoms with Crippen LogP contribution in [0.25, 0.3) is 0 Å². The van der Waals surface area contributed by atoms with Gasteiger partial charge in [0.15, 0.2) is 0 Å². The predicted octanol–water partition coefficient (Wildman–Crippen LogP) is 0.306. The Kier molecular flexibility index (Phi) is 4.57. The number of urea groups is 1. The van der Waals surface area contributed by atoms with Gasteiger partial charge in [-0.15, -0.1) is 0 Å². The molecule has 8 nitrogen and oxygen atoms in total. The molecule has 1 fully saturated rings. The maximum atomic E-state index is 12.1. The van der Waals surface area contributed by atoms with Crippen LogP contribution in [0.3, 0.4) is 0 Å². The molecule has 20 heavy (non-hydrogen) atoms. The second-order valence-electron chi connectivity index (χ2n) is 4.49. The molecule has 1 aromatic heterocycles. The zero-order valence-electron chi connectivity index (χ0n) is 11.1. The summed E-state index contributed by atoms with van der Waals surface area (Å²) < 4.78 is 9.85. The lowest BCUT2D eigenvalue weighted by atomic mass is 10.0. The summed E-state index contributed by atoms with van der Waals surface area (Å²) in [6.07, 6.45) is 1.42. The minimum atomic E-state index is -0.949. The molecule has 8 heteroatoms. The molecule has 2 atom stereocenters. The van der Waals surface area contributed by atoms with Gasteiger partial charge in [-0.05, 0) is 6.92 Å². The number of ether oxygens (including phenoxy) is 1. The van der Waals surface area contributed by atoms with Crippen LogP contribution in [0, 0.1) is 5.92 Å². The highest BCUT2D eigenvalue weighted by Gasteiger charge is 2.39. The zero-order chi connectivity index (χ0) is 14.5. The molecule has 2 heterocycles. The van der Waals surface area contributed by atoms with Crippen LogP contribution >= 0.6 is 0 Å². The number of rotatable bonds is 5. The summed E-state index contributed by atoms with van der Waals surface area (Å²) in [4.78, 5) is 24.7. The van der Waals surface area contributed by atoms with Gasteiger partial charge in [-0.3, -0.25) is 4.79 Å². The van der Waals surface area contributed by atoms with E-state index >= 15 is 0 Å². The standard InChI is InChI=1S/C12H17N3O5/c1-2-15(10-7-19-6-9(10)11(16)17)12(18)13-5-8-3-4-20-14-8/h3-4,9-10H,2,5-7H2,1H3,(H,13,18)(H,16,17). The average molecular weight is 283 g/mol. The molecule has 1 saturated heterocycles. The highest BCUT2D eigenvalue weighted by atomic mass is 16.5. The van der Waals surface area contributed by atoms with Gasteiger partial charge in [-0.25, -0.2) is 4.79 Å². The summed E-state index contributed by atoms with van der Waals surface area (Å²) in [5, 5.41) is 15.5. The first-order chi connectivity index (χ1) is 9.63. The van der Waals surface area contributed by atoms with Crippen molar-refractivity contribution in [3.8, 4) is 0 Å². The van der Waals surface area contributed by atoms with E-state index in [9.17, 15) is 9.59 Å². The van der Waals surface area contributed by atoms with Gasteiger partial charge in [-0.2, -0.15) is 0 Å². The Bertz CT molecular complexity index is 462. The van der Waals surface area contributed by atoms with Gasteiger partial charge in [0, 0.05) is 12.6 Å². The number of hydrogen-bond acceptors (Lipinski definition) is 5. The molecule has 1 aliphatic heterocycles. The molecule has 0 spiro atoms. The number of nitrogens with zero attached hydrogens (tertiary/aromatic N) is 2. The lowest BCUT2D eigenvalue weighted by molar-refractivity contribution is -0.142. The normalized spacial score (nSPS) is 21.6. The average Bonchev–Trinajstić information content (AvgIpc) is 3.08. The van der Waals surface area contributed by atoms with Gasteiger partial charge < -0.3 is 24.6 Å². The Morgan fingerprint density at radius 1 is 1.55 bits per heavy atom. The molecule has 1 aliphatic rings. The number of carbonyl (C=O) groups excluding carboxylic acids is 1. The highest BCUT2D eigenvalue weighted by molar-refractivity contribution is 5.77. The maximum absolute atomic E-state index is 12.1. The summed E-state index contributed by atoms with van der Waals surface area (Å²) >= 11 is 0. The van der Waals surface area contributed by atoms with Crippen molar-refractivity contribution in [3.05, 3.63) is 18.0 Å². The Balaban J connectivity index is 1.96. The molecular formula is C12H17N3O5. The first-order valence-electron chi connectivity index (χ1n) is 6.37. The summed E-state index contributed by atoms with van der Waals surface area (Å²) in [6.45, 7) is 2.81. The van der Waals surface area contributed by atoms with E-state index in [2.05, 4.69) is 15.0 Å². The van der Waals surface area contributed by atoms with E-state index in [1.165, 1.54) is 11.2 Å². The topological polar surface area (TPSA) is 105 Å². The number of aliphatic carboxylic acids is 1. The van der Waals surface area contributed by atoms with Gasteiger partial charge in [0.25, 0.3) is 0 Å². The largest absolute Gasteiger partial charge is 0.481 e. The summed E-state index contributed by atoms with van der Waals surface area (Å²) in [7, 11) is 0. The molecule has 2 N–H and O–H groups in total. The first kappa shape index (κ1) is 14.3. The molecule has 0 bridgehead atoms. The van der Waals surface area contributed by atoms with Crippen molar-refractivity contribution in [2.24, 2.45) is 5.92 Å². The highest BCUT2D eigenvalue weighted by Crippen LogP contribution is 2.20. The Labute approximate surface area is 115 Å². The van der Waals surface area contributed by atoms with E-state index in [1.54, 1.807) is 13.0 Å². The quantitative estimate of drug-likeness (QED) is 0.805. The number of aromatic nitrogens is 1. The molecule has 1 aromatic rings. The fourth-order valence-electron chi connectivity index (χ4n) is 2.21. The SMILES string of the molecule is CCN(C(=O)NCc1ccon1)C1COCC1C(=O)O. The lowest BCUT2D eigenvalue weighted by Crippen LogP contribution is -2.50. The summed E-state index contributed by atoms with van der Waals surface area (Å²) in [5.41, 5.74) is 0.604. The van der Waals surface area contributed by atoms with E-state index in [-0.39, 0.29) is 25.8 Å². The molecular weight excluding hydrogens is 266 g/mol. The van der Waals surface area contributed by atoms with Gasteiger partial charge in [0.1, 0.15) is 17.9 Å². The second-order valence-corrected chi connectivity index (χ2v) is 4.49. The van der Waals surface area contributed by atoms with E-state index in [1.807, 2.05) is 0 Å². The van der Waals surface area contributed by atoms with E-state index < -0.39 is 17.9 Å². The zero-order valence-corrected chi connectivity index (χ0v) is 11.1. The molecule has 2 rings (SSSR count). The maximum Gasteiger partial charge on any atom is 0.318 e. The van der Waals surface area contributed by atoms with Crippen molar-refractivity contribution in [3.63, 3.8) is 0 Å². The molecule has 0 aliphatic carbocycles. The molecule has 2 amide bonds. The number of likely N-dealkylation sites (N-methyl/N-ethyl adjacent to an activating group) is 1. The molecule has 0 aromatic carbocycles. The number of hydrogen-bond donors (Lipinski definition) is 2. The van der Waals surface area contributed by atoms with Crippen LogP contribution in [0.1, 0.15) is 12.6 Å². The molecule has 0 radical (unpaired) electrons. The number of carboxylic acid groups (broad SMARTS) is 1. The monoisotopic (exact) mass is 283 g/mol. The van der Waals surface area contributed by atoms with Crippen LogP contribution in [0.15, 0.2) is 16.9 Å². The fourth-order valence-corrected chi connectivity index (χ4v) is 2.21. The van der Waals surface area contributed by atoms with Crippen LogP contribution in [0.2, 0.25) is 0 Å². The van der Waals surface area contributed by atoms with Crippen LogP contribution < -0.4 is 5.32 Å². The molecule has 0 saturated carbocycles. The second kappa shape index (κ2) is 6.38. The van der Waals surface area contributed by atoms with Gasteiger partial charge in [-0.1, -0.05) is 5.16 Å². The third-order valence-electron chi connectivity index (χ3n) is 3.28. The third-order valence-corrected chi connectivity index (χ3v) is 3.28. The number of nitrogens with one attached hydrogen (secondary N) is 1. The summed E-state index contributed by atoms with van der Waals surface area (Å²) in [5.74, 6) is -1.64.